The lowest BCUT2D eigenvalue weighted by atomic mass is 9.96. The Morgan fingerprint density at radius 3 is 2.83 bits per heavy atom. The molecule has 1 aromatic carbocycles. The summed E-state index contributed by atoms with van der Waals surface area (Å²) in [6.45, 7) is 1.38. The molecule has 1 saturated carbocycles. The van der Waals surface area contributed by atoms with Gasteiger partial charge in [0, 0.05) is 29.4 Å². The van der Waals surface area contributed by atoms with Crippen LogP contribution in [-0.2, 0) is 9.59 Å². The van der Waals surface area contributed by atoms with E-state index in [9.17, 15) is 9.59 Å². The van der Waals surface area contributed by atoms with Crippen molar-refractivity contribution in [1.82, 2.24) is 4.90 Å². The van der Waals surface area contributed by atoms with Gasteiger partial charge in [-0.3, -0.25) is 9.59 Å². The molecule has 0 radical (unpaired) electrons. The van der Waals surface area contributed by atoms with E-state index in [-0.39, 0.29) is 23.7 Å². The third kappa shape index (κ3) is 3.11. The number of piperidine rings is 1. The van der Waals surface area contributed by atoms with E-state index < -0.39 is 0 Å². The second kappa shape index (κ2) is 5.96. The van der Waals surface area contributed by atoms with Crippen molar-refractivity contribution in [2.24, 2.45) is 11.8 Å². The van der Waals surface area contributed by atoms with Gasteiger partial charge >= 0.3 is 0 Å². The van der Waals surface area contributed by atoms with E-state index in [1.807, 2.05) is 23.1 Å². The van der Waals surface area contributed by atoms with Crippen LogP contribution in [-0.4, -0.2) is 29.8 Å². The predicted molar refractivity (Wildman–Crippen MR) is 92.5 cm³/mol. The van der Waals surface area contributed by atoms with Crippen LogP contribution in [0.3, 0.4) is 0 Å². The number of nitrogens with one attached hydrogen (secondary N) is 1. The first kappa shape index (κ1) is 14.7. The molecule has 2 amide bonds. The summed E-state index contributed by atoms with van der Waals surface area (Å²) in [6.07, 6.45) is 3.82. The highest BCUT2D eigenvalue weighted by Crippen LogP contribution is 2.32. The molecule has 23 heavy (non-hydrogen) atoms. The predicted octanol–water partition coefficient (Wildman–Crippen LogP) is 3.49. The Balaban J connectivity index is 1.42. The second-order valence-electron chi connectivity index (χ2n) is 6.56. The summed E-state index contributed by atoms with van der Waals surface area (Å²) < 4.78 is 1.22. The Morgan fingerprint density at radius 1 is 1.13 bits per heavy atom. The van der Waals surface area contributed by atoms with Crippen molar-refractivity contribution in [3.05, 3.63) is 29.6 Å². The van der Waals surface area contributed by atoms with E-state index >= 15 is 0 Å². The molecule has 120 valence electrons. The van der Waals surface area contributed by atoms with Gasteiger partial charge in [-0.05, 0) is 60.7 Å². The maximum Gasteiger partial charge on any atom is 0.229 e. The number of hydrogen-bond acceptors (Lipinski definition) is 3. The number of fused-ring (bicyclic) bond motifs is 1. The lowest BCUT2D eigenvalue weighted by Crippen LogP contribution is -2.44. The molecule has 2 fully saturated rings. The molecule has 1 unspecified atom stereocenters. The number of carbonyl (C=O) groups excluding carboxylic acids is 2. The third-order valence-corrected chi connectivity index (χ3v) is 5.65. The SMILES string of the molecule is O=C(Nc1ccc2sccc2c1)C1CCCN(C(=O)C2CC2)C1. The van der Waals surface area contributed by atoms with Gasteiger partial charge in [-0.1, -0.05) is 0 Å². The van der Waals surface area contributed by atoms with E-state index in [0.717, 1.165) is 43.3 Å². The Morgan fingerprint density at radius 2 is 2.00 bits per heavy atom. The van der Waals surface area contributed by atoms with Gasteiger partial charge in [-0.15, -0.1) is 11.3 Å². The van der Waals surface area contributed by atoms with Crippen molar-refractivity contribution in [3.63, 3.8) is 0 Å². The molecule has 2 aromatic rings. The summed E-state index contributed by atoms with van der Waals surface area (Å²) >= 11 is 1.70. The fraction of sp³-hybridized carbons (Fsp3) is 0.444. The number of amides is 2. The molecular formula is C18H20N2O2S. The normalized spacial score (nSPS) is 21.4. The Hall–Kier alpha value is -1.88. The topological polar surface area (TPSA) is 49.4 Å². The number of carbonyl (C=O) groups is 2. The molecule has 2 aliphatic rings. The van der Waals surface area contributed by atoms with Crippen molar-refractivity contribution in [2.75, 3.05) is 18.4 Å². The van der Waals surface area contributed by atoms with Gasteiger partial charge in [-0.25, -0.2) is 0 Å². The summed E-state index contributed by atoms with van der Waals surface area (Å²) in [5, 5.41) is 6.23. The van der Waals surface area contributed by atoms with Crippen molar-refractivity contribution < 1.29 is 9.59 Å². The number of hydrogen-bond donors (Lipinski definition) is 1. The molecule has 1 aliphatic carbocycles. The van der Waals surface area contributed by atoms with Crippen LogP contribution in [0, 0.1) is 11.8 Å². The van der Waals surface area contributed by atoms with Crippen molar-refractivity contribution >= 4 is 38.9 Å². The molecular weight excluding hydrogens is 308 g/mol. The van der Waals surface area contributed by atoms with Crippen LogP contribution in [0.1, 0.15) is 25.7 Å². The maximum atomic E-state index is 12.5. The highest BCUT2D eigenvalue weighted by atomic mass is 32.1. The average molecular weight is 328 g/mol. The van der Waals surface area contributed by atoms with Gasteiger partial charge in [0.25, 0.3) is 0 Å². The van der Waals surface area contributed by atoms with Crippen molar-refractivity contribution in [1.29, 1.82) is 0 Å². The largest absolute Gasteiger partial charge is 0.342 e. The summed E-state index contributed by atoms with van der Waals surface area (Å²) in [5.74, 6) is 0.428. The van der Waals surface area contributed by atoms with Gasteiger partial charge < -0.3 is 10.2 Å². The van der Waals surface area contributed by atoms with Crippen molar-refractivity contribution in [2.45, 2.75) is 25.7 Å². The van der Waals surface area contributed by atoms with E-state index in [4.69, 9.17) is 0 Å². The molecule has 1 atom stereocenters. The van der Waals surface area contributed by atoms with Crippen LogP contribution in [0.15, 0.2) is 29.6 Å². The summed E-state index contributed by atoms with van der Waals surface area (Å²) in [6, 6.07) is 8.07. The minimum atomic E-state index is -0.0929. The molecule has 4 nitrogen and oxygen atoms in total. The Labute approximate surface area is 139 Å². The average Bonchev–Trinajstić information content (AvgIpc) is 3.32. The third-order valence-electron chi connectivity index (χ3n) is 4.75. The first-order chi connectivity index (χ1) is 11.2. The van der Waals surface area contributed by atoms with Gasteiger partial charge in [0.15, 0.2) is 0 Å². The zero-order valence-corrected chi connectivity index (χ0v) is 13.8. The second-order valence-corrected chi connectivity index (χ2v) is 7.51. The van der Waals surface area contributed by atoms with E-state index in [1.165, 1.54) is 4.70 Å². The fourth-order valence-corrected chi connectivity index (χ4v) is 4.04. The molecule has 2 heterocycles. The number of likely N-dealkylation sites (tertiary alicyclic amines) is 1. The van der Waals surface area contributed by atoms with Gasteiger partial charge in [0.05, 0.1) is 5.92 Å². The monoisotopic (exact) mass is 328 g/mol. The molecule has 1 N–H and O–H groups in total. The first-order valence-electron chi connectivity index (χ1n) is 8.27. The molecule has 1 aliphatic heterocycles. The number of thiophene rings is 1. The zero-order valence-electron chi connectivity index (χ0n) is 13.0. The van der Waals surface area contributed by atoms with Crippen LogP contribution in [0.2, 0.25) is 0 Å². The lowest BCUT2D eigenvalue weighted by Gasteiger charge is -2.32. The molecule has 0 bridgehead atoms. The van der Waals surface area contributed by atoms with Gasteiger partial charge in [0.2, 0.25) is 11.8 Å². The Bertz CT molecular complexity index is 750. The maximum absolute atomic E-state index is 12.5. The van der Waals surface area contributed by atoms with Gasteiger partial charge in [0.1, 0.15) is 0 Å². The van der Waals surface area contributed by atoms with Crippen LogP contribution in [0.25, 0.3) is 10.1 Å². The van der Waals surface area contributed by atoms with E-state index in [2.05, 4.69) is 16.8 Å². The summed E-state index contributed by atoms with van der Waals surface area (Å²) in [7, 11) is 0. The quantitative estimate of drug-likeness (QED) is 0.937. The van der Waals surface area contributed by atoms with Crippen LogP contribution in [0.4, 0.5) is 5.69 Å². The summed E-state index contributed by atoms with van der Waals surface area (Å²) in [4.78, 5) is 26.6. The first-order valence-corrected chi connectivity index (χ1v) is 9.15. The number of nitrogens with zero attached hydrogens (tertiary/aromatic N) is 1. The van der Waals surface area contributed by atoms with Crippen LogP contribution in [0.5, 0.6) is 0 Å². The number of rotatable bonds is 3. The number of anilines is 1. The molecule has 1 aromatic heterocycles. The minimum Gasteiger partial charge on any atom is -0.342 e. The van der Waals surface area contributed by atoms with E-state index in [1.54, 1.807) is 11.3 Å². The van der Waals surface area contributed by atoms with Gasteiger partial charge in [-0.2, -0.15) is 0 Å². The van der Waals surface area contributed by atoms with Crippen LogP contribution < -0.4 is 5.32 Å². The van der Waals surface area contributed by atoms with Crippen molar-refractivity contribution in [3.8, 4) is 0 Å². The lowest BCUT2D eigenvalue weighted by molar-refractivity contribution is -0.135. The Kier molecular flexibility index (Phi) is 3.81. The van der Waals surface area contributed by atoms with E-state index in [0.29, 0.717) is 6.54 Å². The minimum absolute atomic E-state index is 0.0351. The molecule has 4 rings (SSSR count). The smallest absolute Gasteiger partial charge is 0.229 e. The molecule has 1 saturated heterocycles. The number of benzene rings is 1. The zero-order chi connectivity index (χ0) is 15.8. The molecule has 0 spiro atoms. The summed E-state index contributed by atoms with van der Waals surface area (Å²) in [5.41, 5.74) is 0.839. The highest BCUT2D eigenvalue weighted by Gasteiger charge is 2.36. The standard InChI is InChI=1S/C18H20N2O2S/c21-17(19-15-5-6-16-13(10-15)7-9-23-16)14-2-1-8-20(11-14)18(22)12-3-4-12/h5-7,9-10,12,14H,1-4,8,11H2,(H,19,21). The fourth-order valence-electron chi connectivity index (χ4n) is 3.27. The highest BCUT2D eigenvalue weighted by molar-refractivity contribution is 7.17. The van der Waals surface area contributed by atoms with Crippen LogP contribution >= 0.6 is 11.3 Å². The molecule has 5 heteroatoms.